The van der Waals surface area contributed by atoms with E-state index in [1.54, 1.807) is 14.2 Å². The molecule has 2 aliphatic rings. The fourth-order valence-corrected chi connectivity index (χ4v) is 3.12. The van der Waals surface area contributed by atoms with Crippen molar-refractivity contribution in [1.82, 2.24) is 0 Å². The smallest absolute Gasteiger partial charge is 0.196 e. The van der Waals surface area contributed by atoms with E-state index in [4.69, 9.17) is 15.2 Å². The van der Waals surface area contributed by atoms with Crippen molar-refractivity contribution in [2.75, 3.05) is 32.3 Å². The van der Waals surface area contributed by atoms with Gasteiger partial charge in [0.05, 0.1) is 25.8 Å². The summed E-state index contributed by atoms with van der Waals surface area (Å²) in [6, 6.07) is 7.95. The average Bonchev–Trinajstić information content (AvgIpc) is 3.26. The summed E-state index contributed by atoms with van der Waals surface area (Å²) in [5.74, 6) is 2.03. The Morgan fingerprint density at radius 2 is 2.00 bits per heavy atom. The summed E-state index contributed by atoms with van der Waals surface area (Å²) >= 11 is 0. The van der Waals surface area contributed by atoms with Crippen LogP contribution >= 0.6 is 0 Å². The summed E-state index contributed by atoms with van der Waals surface area (Å²) in [4.78, 5) is 6.63. The summed E-state index contributed by atoms with van der Waals surface area (Å²) in [5.41, 5.74) is 7.07. The maximum atomic E-state index is 6.14. The lowest BCUT2D eigenvalue weighted by Crippen LogP contribution is -2.56. The lowest BCUT2D eigenvalue weighted by atomic mass is 9.92. The van der Waals surface area contributed by atoms with Crippen LogP contribution in [0.4, 0.5) is 5.69 Å². The van der Waals surface area contributed by atoms with E-state index in [9.17, 15) is 0 Å². The van der Waals surface area contributed by atoms with Gasteiger partial charge in [-0.05, 0) is 43.0 Å². The molecule has 0 amide bonds. The van der Waals surface area contributed by atoms with Crippen molar-refractivity contribution in [1.29, 1.82) is 0 Å². The molecule has 1 unspecified atom stereocenters. The van der Waals surface area contributed by atoms with Gasteiger partial charge < -0.3 is 20.1 Å². The lowest BCUT2D eigenvalue weighted by molar-refractivity contribution is 0.129. The summed E-state index contributed by atoms with van der Waals surface area (Å²) in [7, 11) is 3.41. The molecule has 2 N–H and O–H groups in total. The maximum Gasteiger partial charge on any atom is 0.196 e. The second-order valence-corrected chi connectivity index (χ2v) is 5.52. The Labute approximate surface area is 119 Å². The van der Waals surface area contributed by atoms with Gasteiger partial charge >= 0.3 is 0 Å². The number of methoxy groups -OCH3 is 2. The third-order valence-corrected chi connectivity index (χ3v) is 4.25. The molecule has 1 atom stereocenters. The summed E-state index contributed by atoms with van der Waals surface area (Å²) in [6.45, 7) is 1.36. The summed E-state index contributed by atoms with van der Waals surface area (Å²) < 4.78 is 10.7. The van der Waals surface area contributed by atoms with Crippen LogP contribution in [0.15, 0.2) is 29.3 Å². The molecule has 0 radical (unpaired) electrons. The molecule has 1 aromatic carbocycles. The first-order chi connectivity index (χ1) is 9.71. The standard InChI is InChI=1S/C15H21N3O2/c1-19-10-15(11-3-4-11)9-17-14(16)18(15)12-5-7-13(20-2)8-6-12/h5-8,11H,3-4,9-10H2,1-2H3,(H2,16,17). The van der Waals surface area contributed by atoms with Gasteiger partial charge in [-0.15, -0.1) is 0 Å². The number of hydrogen-bond donors (Lipinski definition) is 1. The molecule has 1 fully saturated rings. The molecule has 1 saturated carbocycles. The quantitative estimate of drug-likeness (QED) is 0.887. The molecule has 3 rings (SSSR count). The molecule has 1 aromatic rings. The monoisotopic (exact) mass is 275 g/mol. The Morgan fingerprint density at radius 3 is 2.55 bits per heavy atom. The molecule has 0 aromatic heterocycles. The molecular weight excluding hydrogens is 254 g/mol. The van der Waals surface area contributed by atoms with Gasteiger partial charge in [0, 0.05) is 12.8 Å². The van der Waals surface area contributed by atoms with Crippen molar-refractivity contribution in [3.63, 3.8) is 0 Å². The Balaban J connectivity index is 1.95. The first-order valence-electron chi connectivity index (χ1n) is 6.94. The minimum absolute atomic E-state index is 0.118. The molecule has 20 heavy (non-hydrogen) atoms. The van der Waals surface area contributed by atoms with Gasteiger partial charge in [-0.2, -0.15) is 0 Å². The number of anilines is 1. The number of guanidine groups is 1. The van der Waals surface area contributed by atoms with E-state index in [0.717, 1.165) is 11.4 Å². The van der Waals surface area contributed by atoms with Crippen LogP contribution in [0.25, 0.3) is 0 Å². The van der Waals surface area contributed by atoms with E-state index < -0.39 is 0 Å². The third-order valence-electron chi connectivity index (χ3n) is 4.25. The number of benzene rings is 1. The predicted octanol–water partition coefficient (Wildman–Crippen LogP) is 1.63. The third kappa shape index (κ3) is 2.02. The van der Waals surface area contributed by atoms with Gasteiger partial charge in [0.15, 0.2) is 5.96 Å². The lowest BCUT2D eigenvalue weighted by Gasteiger charge is -2.39. The maximum absolute atomic E-state index is 6.14. The zero-order valence-electron chi connectivity index (χ0n) is 12.0. The van der Waals surface area contributed by atoms with Crippen molar-refractivity contribution >= 4 is 11.6 Å². The van der Waals surface area contributed by atoms with E-state index in [2.05, 4.69) is 9.89 Å². The molecule has 0 spiro atoms. The largest absolute Gasteiger partial charge is 0.497 e. The van der Waals surface area contributed by atoms with Crippen LogP contribution in [-0.4, -0.2) is 38.9 Å². The number of hydrogen-bond acceptors (Lipinski definition) is 5. The van der Waals surface area contributed by atoms with Gasteiger partial charge in [-0.3, -0.25) is 4.99 Å². The van der Waals surface area contributed by atoms with Crippen LogP contribution in [0, 0.1) is 5.92 Å². The highest BCUT2D eigenvalue weighted by Gasteiger charge is 2.53. The van der Waals surface area contributed by atoms with Gasteiger partial charge in [-0.1, -0.05) is 0 Å². The molecular formula is C15H21N3O2. The van der Waals surface area contributed by atoms with E-state index in [0.29, 0.717) is 25.0 Å². The second-order valence-electron chi connectivity index (χ2n) is 5.52. The van der Waals surface area contributed by atoms with Crippen LogP contribution in [0.1, 0.15) is 12.8 Å². The van der Waals surface area contributed by atoms with Crippen LogP contribution in [0.5, 0.6) is 5.75 Å². The fraction of sp³-hybridized carbons (Fsp3) is 0.533. The Kier molecular flexibility index (Phi) is 3.30. The number of ether oxygens (including phenoxy) is 2. The zero-order valence-corrected chi connectivity index (χ0v) is 12.0. The number of nitrogens with two attached hydrogens (primary N) is 1. The highest BCUT2D eigenvalue weighted by molar-refractivity contribution is 5.98. The predicted molar refractivity (Wildman–Crippen MR) is 79.3 cm³/mol. The summed E-state index contributed by atoms with van der Waals surface area (Å²) in [5, 5.41) is 0. The molecule has 1 aliphatic carbocycles. The second kappa shape index (κ2) is 4.98. The Morgan fingerprint density at radius 1 is 1.30 bits per heavy atom. The molecule has 1 aliphatic heterocycles. The Bertz CT molecular complexity index is 510. The van der Waals surface area contributed by atoms with E-state index in [1.165, 1.54) is 12.8 Å². The zero-order chi connectivity index (χ0) is 14.2. The van der Waals surface area contributed by atoms with Crippen molar-refractivity contribution in [3.05, 3.63) is 24.3 Å². The minimum atomic E-state index is -0.118. The van der Waals surface area contributed by atoms with Gasteiger partial charge in [0.25, 0.3) is 0 Å². The number of aliphatic imine (C=N–C) groups is 1. The molecule has 5 nitrogen and oxygen atoms in total. The highest BCUT2D eigenvalue weighted by Crippen LogP contribution is 2.47. The van der Waals surface area contributed by atoms with Gasteiger partial charge in [0.2, 0.25) is 0 Å². The average molecular weight is 275 g/mol. The van der Waals surface area contributed by atoms with Crippen LogP contribution in [-0.2, 0) is 4.74 Å². The van der Waals surface area contributed by atoms with E-state index >= 15 is 0 Å². The van der Waals surface area contributed by atoms with E-state index in [-0.39, 0.29) is 5.54 Å². The van der Waals surface area contributed by atoms with Crippen LogP contribution in [0.2, 0.25) is 0 Å². The van der Waals surface area contributed by atoms with Crippen molar-refractivity contribution in [2.45, 2.75) is 18.4 Å². The molecule has 1 heterocycles. The topological polar surface area (TPSA) is 60.1 Å². The Hall–Kier alpha value is -1.75. The van der Waals surface area contributed by atoms with Gasteiger partial charge in [0.1, 0.15) is 5.75 Å². The van der Waals surface area contributed by atoms with Crippen molar-refractivity contribution in [2.24, 2.45) is 16.6 Å². The first-order valence-corrected chi connectivity index (χ1v) is 6.94. The molecule has 108 valence electrons. The van der Waals surface area contributed by atoms with Crippen LogP contribution < -0.4 is 15.4 Å². The minimum Gasteiger partial charge on any atom is -0.497 e. The molecule has 0 bridgehead atoms. The van der Waals surface area contributed by atoms with Crippen molar-refractivity contribution < 1.29 is 9.47 Å². The highest BCUT2D eigenvalue weighted by atomic mass is 16.5. The van der Waals surface area contributed by atoms with Crippen LogP contribution in [0.3, 0.4) is 0 Å². The van der Waals surface area contributed by atoms with Gasteiger partial charge in [-0.25, -0.2) is 0 Å². The van der Waals surface area contributed by atoms with Crippen molar-refractivity contribution in [3.8, 4) is 5.75 Å². The number of rotatable bonds is 5. The van der Waals surface area contributed by atoms with E-state index in [1.807, 2.05) is 24.3 Å². The normalized spacial score (nSPS) is 25.7. The molecule has 0 saturated heterocycles. The molecule has 5 heteroatoms. The summed E-state index contributed by atoms with van der Waals surface area (Å²) in [6.07, 6.45) is 2.44. The first kappa shape index (κ1) is 13.2. The fourth-order valence-electron chi connectivity index (χ4n) is 3.12. The number of nitrogens with zero attached hydrogens (tertiary/aromatic N) is 2. The SMILES string of the molecule is COCC1(C2CC2)CN=C(N)N1c1ccc(OC)cc1.